The third-order valence-corrected chi connectivity index (χ3v) is 3.95. The van der Waals surface area contributed by atoms with Gasteiger partial charge in [0.05, 0.1) is 6.61 Å². The average molecular weight is 298 g/mol. The SMILES string of the molecule is CCOC(=O)N[C@H](C(=O)NC1CCCCCCC1)C(C)C. The first kappa shape index (κ1) is 17.8. The second kappa shape index (κ2) is 9.64. The van der Waals surface area contributed by atoms with Crippen LogP contribution in [0.3, 0.4) is 0 Å². The average Bonchev–Trinajstić information content (AvgIpc) is 2.38. The van der Waals surface area contributed by atoms with Gasteiger partial charge >= 0.3 is 6.09 Å². The number of carbonyl (C=O) groups is 2. The third-order valence-electron chi connectivity index (χ3n) is 3.95. The lowest BCUT2D eigenvalue weighted by Gasteiger charge is -2.26. The zero-order valence-corrected chi connectivity index (χ0v) is 13.6. The van der Waals surface area contributed by atoms with Crippen molar-refractivity contribution < 1.29 is 14.3 Å². The van der Waals surface area contributed by atoms with Gasteiger partial charge in [-0.15, -0.1) is 0 Å². The molecule has 2 amide bonds. The van der Waals surface area contributed by atoms with Crippen molar-refractivity contribution in [1.29, 1.82) is 0 Å². The Morgan fingerprint density at radius 3 is 2.19 bits per heavy atom. The van der Waals surface area contributed by atoms with Crippen molar-refractivity contribution in [3.63, 3.8) is 0 Å². The van der Waals surface area contributed by atoms with Crippen molar-refractivity contribution in [1.82, 2.24) is 10.6 Å². The molecule has 0 spiro atoms. The molecule has 0 unspecified atom stereocenters. The molecule has 1 atom stereocenters. The fraction of sp³-hybridized carbons (Fsp3) is 0.875. The molecule has 5 heteroatoms. The maximum absolute atomic E-state index is 12.4. The Morgan fingerprint density at radius 2 is 1.67 bits per heavy atom. The lowest BCUT2D eigenvalue weighted by Crippen LogP contribution is -2.52. The highest BCUT2D eigenvalue weighted by Gasteiger charge is 2.26. The van der Waals surface area contributed by atoms with Gasteiger partial charge in [0.1, 0.15) is 6.04 Å². The fourth-order valence-electron chi connectivity index (χ4n) is 2.73. The Balaban J connectivity index is 2.52. The van der Waals surface area contributed by atoms with Crippen LogP contribution in [0.1, 0.15) is 65.7 Å². The lowest BCUT2D eigenvalue weighted by atomic mass is 9.95. The molecule has 0 aromatic rings. The predicted molar refractivity (Wildman–Crippen MR) is 83.0 cm³/mol. The molecule has 1 saturated carbocycles. The van der Waals surface area contributed by atoms with E-state index in [1.54, 1.807) is 6.92 Å². The van der Waals surface area contributed by atoms with Crippen LogP contribution in [-0.2, 0) is 9.53 Å². The van der Waals surface area contributed by atoms with Gasteiger partial charge in [-0.3, -0.25) is 4.79 Å². The molecule has 122 valence electrons. The van der Waals surface area contributed by atoms with Crippen LogP contribution < -0.4 is 10.6 Å². The van der Waals surface area contributed by atoms with Crippen LogP contribution in [0, 0.1) is 5.92 Å². The summed E-state index contributed by atoms with van der Waals surface area (Å²) < 4.78 is 4.87. The van der Waals surface area contributed by atoms with Crippen molar-refractivity contribution in [2.24, 2.45) is 5.92 Å². The molecule has 0 aliphatic heterocycles. The summed E-state index contributed by atoms with van der Waals surface area (Å²) in [6.07, 6.45) is 7.70. The van der Waals surface area contributed by atoms with Crippen LogP contribution in [0.15, 0.2) is 0 Å². The van der Waals surface area contributed by atoms with E-state index < -0.39 is 12.1 Å². The molecule has 2 N–H and O–H groups in total. The Labute approximate surface area is 128 Å². The highest BCUT2D eigenvalue weighted by Crippen LogP contribution is 2.17. The number of alkyl carbamates (subject to hydrolysis) is 1. The predicted octanol–water partition coefficient (Wildman–Crippen LogP) is 2.99. The maximum atomic E-state index is 12.4. The topological polar surface area (TPSA) is 67.4 Å². The Morgan fingerprint density at radius 1 is 1.10 bits per heavy atom. The molecule has 0 saturated heterocycles. The molecule has 21 heavy (non-hydrogen) atoms. The zero-order chi connectivity index (χ0) is 15.7. The summed E-state index contributed by atoms with van der Waals surface area (Å²) in [6.45, 7) is 5.91. The normalized spacial score (nSPS) is 18.5. The minimum atomic E-state index is -0.533. The van der Waals surface area contributed by atoms with Crippen LogP contribution >= 0.6 is 0 Å². The fourth-order valence-corrected chi connectivity index (χ4v) is 2.73. The molecule has 1 aliphatic carbocycles. The van der Waals surface area contributed by atoms with Gasteiger partial charge in [0, 0.05) is 6.04 Å². The molecule has 1 fully saturated rings. The van der Waals surface area contributed by atoms with E-state index in [0.29, 0.717) is 6.61 Å². The molecule has 0 radical (unpaired) electrons. The van der Waals surface area contributed by atoms with Crippen LogP contribution in [0.4, 0.5) is 4.79 Å². The molecule has 1 rings (SSSR count). The molecule has 0 heterocycles. The Bertz CT molecular complexity index is 323. The van der Waals surface area contributed by atoms with E-state index in [4.69, 9.17) is 4.74 Å². The van der Waals surface area contributed by atoms with Gasteiger partial charge < -0.3 is 15.4 Å². The molecule has 1 aliphatic rings. The van der Waals surface area contributed by atoms with Crippen molar-refractivity contribution >= 4 is 12.0 Å². The second-order valence-electron chi connectivity index (χ2n) is 6.14. The van der Waals surface area contributed by atoms with Gasteiger partial charge in [-0.25, -0.2) is 4.79 Å². The molecule has 0 aromatic heterocycles. The first-order valence-corrected chi connectivity index (χ1v) is 8.28. The summed E-state index contributed by atoms with van der Waals surface area (Å²) in [5, 5.41) is 5.77. The van der Waals surface area contributed by atoms with E-state index in [1.165, 1.54) is 32.1 Å². The van der Waals surface area contributed by atoms with E-state index in [1.807, 2.05) is 13.8 Å². The van der Waals surface area contributed by atoms with E-state index in [9.17, 15) is 9.59 Å². The number of nitrogens with one attached hydrogen (secondary N) is 2. The minimum Gasteiger partial charge on any atom is -0.450 e. The van der Waals surface area contributed by atoms with Crippen molar-refractivity contribution in [3.8, 4) is 0 Å². The number of ether oxygens (including phenoxy) is 1. The summed E-state index contributed by atoms with van der Waals surface area (Å²) in [4.78, 5) is 24.0. The lowest BCUT2D eigenvalue weighted by molar-refractivity contribution is -0.124. The van der Waals surface area contributed by atoms with Gasteiger partial charge in [0.2, 0.25) is 5.91 Å². The number of carbonyl (C=O) groups excluding carboxylic acids is 2. The summed E-state index contributed by atoms with van der Waals surface area (Å²) in [7, 11) is 0. The molecular formula is C16H30N2O3. The summed E-state index contributed by atoms with van der Waals surface area (Å²) in [5.41, 5.74) is 0. The maximum Gasteiger partial charge on any atom is 0.407 e. The quantitative estimate of drug-likeness (QED) is 0.820. The monoisotopic (exact) mass is 298 g/mol. The highest BCUT2D eigenvalue weighted by molar-refractivity contribution is 5.86. The Kier molecular flexibility index (Phi) is 8.16. The molecule has 5 nitrogen and oxygen atoms in total. The number of hydrogen-bond donors (Lipinski definition) is 2. The van der Waals surface area contributed by atoms with Crippen LogP contribution in [0.25, 0.3) is 0 Å². The smallest absolute Gasteiger partial charge is 0.407 e. The first-order valence-electron chi connectivity index (χ1n) is 8.28. The zero-order valence-electron chi connectivity index (χ0n) is 13.6. The van der Waals surface area contributed by atoms with Crippen LogP contribution in [0.5, 0.6) is 0 Å². The van der Waals surface area contributed by atoms with Crippen LogP contribution in [0.2, 0.25) is 0 Å². The van der Waals surface area contributed by atoms with Gasteiger partial charge in [0.15, 0.2) is 0 Å². The van der Waals surface area contributed by atoms with E-state index in [2.05, 4.69) is 10.6 Å². The van der Waals surface area contributed by atoms with Crippen molar-refractivity contribution in [3.05, 3.63) is 0 Å². The minimum absolute atomic E-state index is 0.0305. The van der Waals surface area contributed by atoms with E-state index >= 15 is 0 Å². The van der Waals surface area contributed by atoms with Gasteiger partial charge in [-0.1, -0.05) is 46.0 Å². The van der Waals surface area contributed by atoms with E-state index in [0.717, 1.165) is 12.8 Å². The van der Waals surface area contributed by atoms with Crippen LogP contribution in [-0.4, -0.2) is 30.7 Å². The van der Waals surface area contributed by atoms with Gasteiger partial charge in [-0.05, 0) is 25.7 Å². The van der Waals surface area contributed by atoms with Gasteiger partial charge in [0.25, 0.3) is 0 Å². The van der Waals surface area contributed by atoms with E-state index in [-0.39, 0.29) is 17.9 Å². The molecule has 0 bridgehead atoms. The second-order valence-corrected chi connectivity index (χ2v) is 6.14. The third kappa shape index (κ3) is 6.82. The Hall–Kier alpha value is -1.26. The highest BCUT2D eigenvalue weighted by atomic mass is 16.5. The van der Waals surface area contributed by atoms with Gasteiger partial charge in [-0.2, -0.15) is 0 Å². The number of hydrogen-bond acceptors (Lipinski definition) is 3. The standard InChI is InChI=1S/C16H30N2O3/c1-4-21-16(20)18-14(12(2)3)15(19)17-13-10-8-6-5-7-9-11-13/h12-14H,4-11H2,1-3H3,(H,17,19)(H,18,20)/t14-/m0/s1. The first-order chi connectivity index (χ1) is 10.0. The number of rotatable bonds is 5. The number of amides is 2. The largest absolute Gasteiger partial charge is 0.450 e. The summed E-state index contributed by atoms with van der Waals surface area (Å²) in [6, 6.07) is -0.294. The summed E-state index contributed by atoms with van der Waals surface area (Å²) >= 11 is 0. The molecule has 0 aromatic carbocycles. The van der Waals surface area contributed by atoms with Crippen molar-refractivity contribution in [2.45, 2.75) is 77.8 Å². The summed E-state index contributed by atoms with van der Waals surface area (Å²) in [5.74, 6) is -0.0633. The molecular weight excluding hydrogens is 268 g/mol. The van der Waals surface area contributed by atoms with Crippen molar-refractivity contribution in [2.75, 3.05) is 6.61 Å².